The maximum absolute atomic E-state index is 11.5. The van der Waals surface area contributed by atoms with E-state index in [9.17, 15) is 4.79 Å². The van der Waals surface area contributed by atoms with Crippen molar-refractivity contribution >= 4 is 39.7 Å². The number of aromatic nitrogens is 2. The number of fused-ring (bicyclic) bond motifs is 3. The zero-order valence-electron chi connectivity index (χ0n) is 12.2. The van der Waals surface area contributed by atoms with Gasteiger partial charge in [0.05, 0.1) is 5.52 Å². The molecule has 0 aliphatic heterocycles. The third-order valence-corrected chi connectivity index (χ3v) is 4.28. The predicted octanol–water partition coefficient (Wildman–Crippen LogP) is 4.70. The van der Waals surface area contributed by atoms with E-state index in [1.165, 1.54) is 0 Å². The summed E-state index contributed by atoms with van der Waals surface area (Å²) in [4.78, 5) is 15.7. The number of carbonyl (C=O) groups excluding carboxylic acids is 1. The van der Waals surface area contributed by atoms with Crippen LogP contribution >= 0.6 is 11.6 Å². The molecular formula is C19H13ClN2O. The Morgan fingerprint density at radius 1 is 1.04 bits per heavy atom. The van der Waals surface area contributed by atoms with Gasteiger partial charge in [0, 0.05) is 34.1 Å². The number of rotatable bonds is 3. The summed E-state index contributed by atoms with van der Waals surface area (Å²) >= 11 is 6.10. The fourth-order valence-electron chi connectivity index (χ4n) is 3.10. The van der Waals surface area contributed by atoms with E-state index in [4.69, 9.17) is 11.6 Å². The normalized spacial score (nSPS) is 11.2. The molecule has 0 spiro atoms. The summed E-state index contributed by atoms with van der Waals surface area (Å²) in [6.45, 7) is 0.636. The molecule has 23 heavy (non-hydrogen) atoms. The average Bonchev–Trinajstić information content (AvgIpc) is 2.90. The highest BCUT2D eigenvalue weighted by molar-refractivity contribution is 6.30. The van der Waals surface area contributed by atoms with E-state index in [1.807, 2.05) is 42.5 Å². The summed E-state index contributed by atoms with van der Waals surface area (Å²) in [6.07, 6.45) is 2.50. The lowest BCUT2D eigenvalue weighted by molar-refractivity contribution is 0.112. The van der Waals surface area contributed by atoms with Gasteiger partial charge in [-0.2, -0.15) is 0 Å². The van der Waals surface area contributed by atoms with Crippen LogP contribution in [0.3, 0.4) is 0 Å². The van der Waals surface area contributed by atoms with Crippen LogP contribution < -0.4 is 0 Å². The Kier molecular flexibility index (Phi) is 3.36. The first kappa shape index (κ1) is 14.0. The number of benzene rings is 2. The first-order valence-electron chi connectivity index (χ1n) is 7.33. The fourth-order valence-corrected chi connectivity index (χ4v) is 3.31. The maximum Gasteiger partial charge on any atom is 0.170 e. The Morgan fingerprint density at radius 2 is 1.91 bits per heavy atom. The van der Waals surface area contributed by atoms with Crippen LogP contribution in [0.4, 0.5) is 0 Å². The quantitative estimate of drug-likeness (QED) is 0.513. The molecule has 0 unspecified atom stereocenters. The molecule has 0 amide bonds. The Labute approximate surface area is 138 Å². The smallest absolute Gasteiger partial charge is 0.170 e. The molecule has 112 valence electrons. The minimum absolute atomic E-state index is 0.459. The maximum atomic E-state index is 11.5. The highest BCUT2D eigenvalue weighted by Crippen LogP contribution is 2.30. The van der Waals surface area contributed by atoms with Crippen molar-refractivity contribution in [2.24, 2.45) is 0 Å². The monoisotopic (exact) mass is 320 g/mol. The van der Waals surface area contributed by atoms with E-state index in [2.05, 4.69) is 21.7 Å². The van der Waals surface area contributed by atoms with Crippen molar-refractivity contribution in [1.82, 2.24) is 9.55 Å². The molecule has 0 fully saturated rings. The van der Waals surface area contributed by atoms with E-state index < -0.39 is 0 Å². The molecule has 0 bridgehead atoms. The third kappa shape index (κ3) is 2.30. The van der Waals surface area contributed by atoms with Crippen molar-refractivity contribution in [3.63, 3.8) is 0 Å². The number of hydrogen-bond acceptors (Lipinski definition) is 2. The van der Waals surface area contributed by atoms with Gasteiger partial charge in [-0.05, 0) is 29.8 Å². The van der Waals surface area contributed by atoms with Crippen molar-refractivity contribution in [2.75, 3.05) is 0 Å². The molecule has 0 N–H and O–H groups in total. The first-order valence-corrected chi connectivity index (χ1v) is 7.71. The van der Waals surface area contributed by atoms with Gasteiger partial charge in [0.25, 0.3) is 0 Å². The van der Waals surface area contributed by atoms with E-state index in [-0.39, 0.29) is 0 Å². The van der Waals surface area contributed by atoms with Gasteiger partial charge in [-0.3, -0.25) is 9.78 Å². The highest BCUT2D eigenvalue weighted by Gasteiger charge is 2.14. The summed E-state index contributed by atoms with van der Waals surface area (Å²) in [5.41, 5.74) is 3.49. The molecule has 0 atom stereocenters. The summed E-state index contributed by atoms with van der Waals surface area (Å²) in [6, 6.07) is 17.9. The SMILES string of the molecule is O=Cc1nccc2c3ccccc3n(Cc3cccc(Cl)c3)c12. The van der Waals surface area contributed by atoms with Crippen molar-refractivity contribution in [3.8, 4) is 0 Å². The van der Waals surface area contributed by atoms with E-state index in [0.717, 1.165) is 33.7 Å². The van der Waals surface area contributed by atoms with Crippen LogP contribution in [0.5, 0.6) is 0 Å². The second kappa shape index (κ2) is 5.52. The lowest BCUT2D eigenvalue weighted by atomic mass is 10.2. The molecule has 0 saturated carbocycles. The van der Waals surface area contributed by atoms with Gasteiger partial charge in [0.2, 0.25) is 0 Å². The first-order chi connectivity index (χ1) is 11.3. The minimum atomic E-state index is 0.459. The van der Waals surface area contributed by atoms with Crippen LogP contribution in [-0.4, -0.2) is 15.8 Å². The van der Waals surface area contributed by atoms with Crippen LogP contribution in [0.25, 0.3) is 21.8 Å². The molecule has 4 heteroatoms. The molecule has 0 saturated heterocycles. The zero-order valence-corrected chi connectivity index (χ0v) is 13.0. The molecule has 0 aliphatic rings. The van der Waals surface area contributed by atoms with Gasteiger partial charge < -0.3 is 4.57 Å². The molecule has 0 radical (unpaired) electrons. The standard InChI is InChI=1S/C19H13ClN2O/c20-14-5-3-4-13(10-14)11-22-18-7-2-1-6-15(18)16-8-9-21-17(12-23)19(16)22/h1-10,12H,11H2. The summed E-state index contributed by atoms with van der Waals surface area (Å²) < 4.78 is 2.13. The summed E-state index contributed by atoms with van der Waals surface area (Å²) in [7, 11) is 0. The number of carbonyl (C=O) groups is 1. The highest BCUT2D eigenvalue weighted by atomic mass is 35.5. The van der Waals surface area contributed by atoms with Crippen molar-refractivity contribution < 1.29 is 4.79 Å². The molecule has 4 aromatic rings. The van der Waals surface area contributed by atoms with E-state index in [0.29, 0.717) is 17.3 Å². The van der Waals surface area contributed by atoms with Gasteiger partial charge in [-0.1, -0.05) is 41.9 Å². The Bertz CT molecular complexity index is 1040. The molecule has 2 aromatic heterocycles. The summed E-state index contributed by atoms with van der Waals surface area (Å²) in [5, 5.41) is 2.87. The molecule has 4 rings (SSSR count). The second-order valence-corrected chi connectivity index (χ2v) is 5.88. The molecule has 0 aliphatic carbocycles. The van der Waals surface area contributed by atoms with Crippen LogP contribution in [0.2, 0.25) is 5.02 Å². The number of halogens is 1. The number of nitrogens with zero attached hydrogens (tertiary/aromatic N) is 2. The number of pyridine rings is 1. The summed E-state index contributed by atoms with van der Waals surface area (Å²) in [5.74, 6) is 0. The lowest BCUT2D eigenvalue weighted by Gasteiger charge is -2.09. The molecule has 2 aromatic carbocycles. The van der Waals surface area contributed by atoms with Gasteiger partial charge in [-0.15, -0.1) is 0 Å². The molecular weight excluding hydrogens is 308 g/mol. The Hall–Kier alpha value is -2.65. The van der Waals surface area contributed by atoms with Gasteiger partial charge in [-0.25, -0.2) is 0 Å². The van der Waals surface area contributed by atoms with Crippen molar-refractivity contribution in [3.05, 3.63) is 77.1 Å². The molecule has 3 nitrogen and oxygen atoms in total. The molecule has 2 heterocycles. The van der Waals surface area contributed by atoms with Crippen molar-refractivity contribution in [1.29, 1.82) is 0 Å². The fraction of sp³-hybridized carbons (Fsp3) is 0.0526. The van der Waals surface area contributed by atoms with Crippen LogP contribution in [0.1, 0.15) is 16.1 Å². The minimum Gasteiger partial charge on any atom is -0.334 e. The van der Waals surface area contributed by atoms with Crippen LogP contribution in [-0.2, 0) is 6.54 Å². The van der Waals surface area contributed by atoms with Crippen LogP contribution in [0.15, 0.2) is 60.8 Å². The zero-order chi connectivity index (χ0) is 15.8. The largest absolute Gasteiger partial charge is 0.334 e. The topological polar surface area (TPSA) is 34.9 Å². The number of para-hydroxylation sites is 1. The van der Waals surface area contributed by atoms with E-state index in [1.54, 1.807) is 6.20 Å². The third-order valence-electron chi connectivity index (χ3n) is 4.05. The number of hydrogen-bond donors (Lipinski definition) is 0. The predicted molar refractivity (Wildman–Crippen MR) is 93.2 cm³/mol. The Morgan fingerprint density at radius 3 is 2.74 bits per heavy atom. The second-order valence-electron chi connectivity index (χ2n) is 5.44. The van der Waals surface area contributed by atoms with E-state index >= 15 is 0 Å². The van der Waals surface area contributed by atoms with Crippen molar-refractivity contribution in [2.45, 2.75) is 6.54 Å². The number of aldehydes is 1. The lowest BCUT2D eigenvalue weighted by Crippen LogP contribution is -2.02. The Balaban J connectivity index is 2.04. The van der Waals surface area contributed by atoms with Gasteiger partial charge in [0.1, 0.15) is 5.69 Å². The van der Waals surface area contributed by atoms with Gasteiger partial charge >= 0.3 is 0 Å². The van der Waals surface area contributed by atoms with Crippen LogP contribution in [0, 0.1) is 0 Å². The average molecular weight is 321 g/mol. The van der Waals surface area contributed by atoms with Gasteiger partial charge in [0.15, 0.2) is 6.29 Å².